The van der Waals surface area contributed by atoms with Gasteiger partial charge in [-0.2, -0.15) is 0 Å². The van der Waals surface area contributed by atoms with Crippen LogP contribution in [-0.4, -0.2) is 39.1 Å². The number of aliphatic carboxylic acids is 1. The first kappa shape index (κ1) is 22.9. The number of phenolic OH excluding ortho intramolecular Hbond substituents is 1. The number of phenols is 1. The Morgan fingerprint density at radius 1 is 1.09 bits per heavy atom. The highest BCUT2D eigenvalue weighted by molar-refractivity contribution is 6.05. The number of aromatic nitrogens is 1. The van der Waals surface area contributed by atoms with Crippen molar-refractivity contribution in [1.82, 2.24) is 9.88 Å². The number of rotatable bonds is 6. The van der Waals surface area contributed by atoms with Crippen LogP contribution in [0.5, 0.6) is 5.75 Å². The average Bonchev–Trinajstić information content (AvgIpc) is 3.03. The number of carbonyl (C=O) groups excluding carboxylic acids is 2. The highest BCUT2D eigenvalue weighted by atomic mass is 19.2. The Bertz CT molecular complexity index is 1250. The van der Waals surface area contributed by atoms with E-state index in [0.717, 1.165) is 22.8 Å². The highest BCUT2D eigenvalue weighted by Crippen LogP contribution is 2.37. The van der Waals surface area contributed by atoms with Crippen molar-refractivity contribution in [3.05, 3.63) is 64.6 Å². The van der Waals surface area contributed by atoms with Gasteiger partial charge in [-0.15, -0.1) is 0 Å². The second kappa shape index (κ2) is 8.74. The number of nitrogens with zero attached hydrogens (tertiary/aromatic N) is 1. The molecule has 1 amide bonds. The fraction of sp³-hybridized carbons (Fsp3) is 0.227. The van der Waals surface area contributed by atoms with Gasteiger partial charge in [-0.3, -0.25) is 19.0 Å². The lowest BCUT2D eigenvalue weighted by Crippen LogP contribution is -2.30. The summed E-state index contributed by atoms with van der Waals surface area (Å²) >= 11 is 0. The molecule has 3 aromatic rings. The Labute approximate surface area is 180 Å². The molecule has 168 valence electrons. The van der Waals surface area contributed by atoms with Gasteiger partial charge >= 0.3 is 5.97 Å². The third-order valence-electron chi connectivity index (χ3n) is 5.17. The summed E-state index contributed by atoms with van der Waals surface area (Å²) in [5.41, 5.74) is 0.0625. The molecule has 3 rings (SSSR count). The predicted octanol–water partition coefficient (Wildman–Crippen LogP) is 3.46. The number of carboxylic acid groups (broad SMARTS) is 1. The van der Waals surface area contributed by atoms with E-state index in [4.69, 9.17) is 5.11 Å². The SMILES string of the molecule is Cc1c(C(C)C(=O)NCCC(=O)O)c2c(F)c(O)ccc2n1C(=O)c1ccc(F)c(F)c1. The van der Waals surface area contributed by atoms with Crippen molar-refractivity contribution in [2.45, 2.75) is 26.2 Å². The maximum absolute atomic E-state index is 14.9. The van der Waals surface area contributed by atoms with Crippen LogP contribution in [0, 0.1) is 24.4 Å². The Kier molecular flexibility index (Phi) is 6.24. The largest absolute Gasteiger partial charge is 0.505 e. The quantitative estimate of drug-likeness (QED) is 0.535. The first-order chi connectivity index (χ1) is 15.0. The molecule has 0 radical (unpaired) electrons. The summed E-state index contributed by atoms with van der Waals surface area (Å²) in [7, 11) is 0. The smallest absolute Gasteiger partial charge is 0.305 e. The van der Waals surface area contributed by atoms with E-state index in [0.29, 0.717) is 6.07 Å². The minimum atomic E-state index is -1.24. The summed E-state index contributed by atoms with van der Waals surface area (Å²) in [5, 5.41) is 20.8. The number of benzene rings is 2. The molecule has 7 nitrogen and oxygen atoms in total. The molecule has 0 spiro atoms. The van der Waals surface area contributed by atoms with Gasteiger partial charge in [0.25, 0.3) is 5.91 Å². The molecule has 0 saturated carbocycles. The van der Waals surface area contributed by atoms with Crippen molar-refractivity contribution >= 4 is 28.7 Å². The first-order valence-corrected chi connectivity index (χ1v) is 9.56. The van der Waals surface area contributed by atoms with Crippen molar-refractivity contribution < 1.29 is 37.8 Å². The van der Waals surface area contributed by atoms with Gasteiger partial charge in [0, 0.05) is 23.2 Å². The molecule has 2 aromatic carbocycles. The highest BCUT2D eigenvalue weighted by Gasteiger charge is 2.29. The van der Waals surface area contributed by atoms with Crippen LogP contribution in [0.1, 0.15) is 40.9 Å². The van der Waals surface area contributed by atoms with E-state index in [1.807, 2.05) is 0 Å². The number of nitrogens with one attached hydrogen (secondary N) is 1. The topological polar surface area (TPSA) is 109 Å². The Balaban J connectivity index is 2.15. The summed E-state index contributed by atoms with van der Waals surface area (Å²) in [4.78, 5) is 36.4. The fourth-order valence-corrected chi connectivity index (χ4v) is 3.61. The zero-order chi connectivity index (χ0) is 23.7. The van der Waals surface area contributed by atoms with E-state index >= 15 is 0 Å². The van der Waals surface area contributed by atoms with Gasteiger partial charge in [0.15, 0.2) is 23.2 Å². The zero-order valence-electron chi connectivity index (χ0n) is 17.1. The van der Waals surface area contributed by atoms with Crippen molar-refractivity contribution in [1.29, 1.82) is 0 Å². The molecule has 0 aliphatic carbocycles. The molecule has 1 heterocycles. The molecule has 0 saturated heterocycles. The lowest BCUT2D eigenvalue weighted by atomic mass is 9.96. The van der Waals surface area contributed by atoms with E-state index in [1.165, 1.54) is 19.9 Å². The van der Waals surface area contributed by atoms with E-state index in [-0.39, 0.29) is 40.7 Å². The van der Waals surface area contributed by atoms with Crippen molar-refractivity contribution in [2.24, 2.45) is 0 Å². The number of carbonyl (C=O) groups is 3. The van der Waals surface area contributed by atoms with E-state index < -0.39 is 46.9 Å². The molecule has 1 unspecified atom stereocenters. The third kappa shape index (κ3) is 4.03. The van der Waals surface area contributed by atoms with Gasteiger partial charge in [-0.05, 0) is 49.7 Å². The lowest BCUT2D eigenvalue weighted by Gasteiger charge is -2.13. The summed E-state index contributed by atoms with van der Waals surface area (Å²) in [6.45, 7) is 2.73. The van der Waals surface area contributed by atoms with Crippen molar-refractivity contribution in [3.63, 3.8) is 0 Å². The van der Waals surface area contributed by atoms with Gasteiger partial charge in [0.1, 0.15) is 0 Å². The Morgan fingerprint density at radius 2 is 1.78 bits per heavy atom. The van der Waals surface area contributed by atoms with Crippen LogP contribution >= 0.6 is 0 Å². The monoisotopic (exact) mass is 448 g/mol. The number of amides is 1. The molecule has 32 heavy (non-hydrogen) atoms. The first-order valence-electron chi connectivity index (χ1n) is 9.56. The zero-order valence-corrected chi connectivity index (χ0v) is 17.1. The fourth-order valence-electron chi connectivity index (χ4n) is 3.61. The molecule has 10 heteroatoms. The van der Waals surface area contributed by atoms with E-state index in [9.17, 15) is 32.7 Å². The summed E-state index contributed by atoms with van der Waals surface area (Å²) < 4.78 is 42.9. The molecule has 0 bridgehead atoms. The minimum Gasteiger partial charge on any atom is -0.505 e. The van der Waals surface area contributed by atoms with Gasteiger partial charge in [0.05, 0.1) is 17.9 Å². The van der Waals surface area contributed by atoms with Crippen LogP contribution in [0.25, 0.3) is 10.9 Å². The second-order valence-corrected chi connectivity index (χ2v) is 7.22. The number of aromatic hydroxyl groups is 1. The average molecular weight is 448 g/mol. The molecular weight excluding hydrogens is 429 g/mol. The summed E-state index contributed by atoms with van der Waals surface area (Å²) in [6.07, 6.45) is -0.317. The molecule has 1 atom stereocenters. The molecule has 0 aliphatic heterocycles. The van der Waals surface area contributed by atoms with Crippen LogP contribution in [0.4, 0.5) is 13.2 Å². The van der Waals surface area contributed by atoms with Gasteiger partial charge in [-0.25, -0.2) is 13.2 Å². The van der Waals surface area contributed by atoms with E-state index in [1.54, 1.807) is 0 Å². The maximum atomic E-state index is 14.9. The molecular formula is C22H19F3N2O5. The number of hydrogen-bond donors (Lipinski definition) is 3. The van der Waals surface area contributed by atoms with Crippen LogP contribution in [0.3, 0.4) is 0 Å². The molecule has 0 fully saturated rings. The molecule has 0 aliphatic rings. The van der Waals surface area contributed by atoms with Gasteiger partial charge in [0.2, 0.25) is 5.91 Å². The van der Waals surface area contributed by atoms with Crippen LogP contribution in [0.15, 0.2) is 30.3 Å². The van der Waals surface area contributed by atoms with Crippen LogP contribution in [0.2, 0.25) is 0 Å². The van der Waals surface area contributed by atoms with Crippen LogP contribution in [-0.2, 0) is 9.59 Å². The molecule has 1 aromatic heterocycles. The molecule has 3 N–H and O–H groups in total. The number of carboxylic acids is 1. The summed E-state index contributed by atoms with van der Waals surface area (Å²) in [6, 6.07) is 4.88. The number of fused-ring (bicyclic) bond motifs is 1. The standard InChI is InChI=1S/C22H19F3N2O5/c1-10(21(31)26-8-7-17(29)30)18-11(2)27(15-5-6-16(28)20(25)19(15)18)22(32)12-3-4-13(23)14(24)9-12/h3-6,9-10,28H,7-8H2,1-2H3,(H,26,31)(H,29,30). The predicted molar refractivity (Wildman–Crippen MR) is 108 cm³/mol. The van der Waals surface area contributed by atoms with Crippen molar-refractivity contribution in [2.75, 3.05) is 6.54 Å². The Morgan fingerprint density at radius 3 is 2.41 bits per heavy atom. The third-order valence-corrected chi connectivity index (χ3v) is 5.17. The number of hydrogen-bond acceptors (Lipinski definition) is 4. The lowest BCUT2D eigenvalue weighted by molar-refractivity contribution is -0.136. The summed E-state index contributed by atoms with van der Waals surface area (Å²) in [5.74, 6) is -7.67. The van der Waals surface area contributed by atoms with Crippen molar-refractivity contribution in [3.8, 4) is 5.75 Å². The Hall–Kier alpha value is -3.82. The van der Waals surface area contributed by atoms with E-state index in [2.05, 4.69) is 5.32 Å². The normalized spacial score (nSPS) is 12.0. The van der Waals surface area contributed by atoms with Crippen LogP contribution < -0.4 is 5.32 Å². The second-order valence-electron chi connectivity index (χ2n) is 7.22. The minimum absolute atomic E-state index is 0.0210. The maximum Gasteiger partial charge on any atom is 0.305 e. The number of halogens is 3. The van der Waals surface area contributed by atoms with Gasteiger partial charge in [-0.1, -0.05) is 0 Å². The van der Waals surface area contributed by atoms with Gasteiger partial charge < -0.3 is 15.5 Å².